The third-order valence-electron chi connectivity index (χ3n) is 3.82. The van der Waals surface area contributed by atoms with Gasteiger partial charge in [0.2, 0.25) is 5.91 Å². The van der Waals surface area contributed by atoms with Crippen LogP contribution in [0.15, 0.2) is 57.7 Å². The van der Waals surface area contributed by atoms with Crippen LogP contribution in [-0.2, 0) is 11.3 Å². The number of nitrogens with zero attached hydrogens (tertiary/aromatic N) is 1. The molecule has 1 N–H and O–H groups in total. The number of benzene rings is 2. The van der Waals surface area contributed by atoms with Crippen LogP contribution >= 0.6 is 0 Å². The first-order chi connectivity index (χ1) is 12.1. The molecule has 25 heavy (non-hydrogen) atoms. The molecule has 1 heterocycles. The first kappa shape index (κ1) is 16.8. The van der Waals surface area contributed by atoms with Crippen molar-refractivity contribution in [2.45, 2.75) is 19.9 Å². The zero-order valence-electron chi connectivity index (χ0n) is 14.0. The molecule has 0 fully saturated rings. The summed E-state index contributed by atoms with van der Waals surface area (Å²) >= 11 is 0. The minimum atomic E-state index is -0.447. The first-order valence-corrected chi connectivity index (χ1v) is 8.18. The fraction of sp³-hybridized carbons (Fsp3) is 0.263. The summed E-state index contributed by atoms with van der Waals surface area (Å²) in [5, 5.41) is 2.79. The zero-order chi connectivity index (χ0) is 17.6. The standard InChI is InChI=1S/C19H20N2O4/c1-14-5-4-6-15(13-14)24-12-10-20-18(22)9-11-21-16-7-2-3-8-17(16)25-19(21)23/h2-8,13H,9-12H2,1H3,(H,20,22). The van der Waals surface area contributed by atoms with Crippen molar-refractivity contribution >= 4 is 17.0 Å². The van der Waals surface area contributed by atoms with Crippen LogP contribution in [0.5, 0.6) is 5.75 Å². The molecule has 3 rings (SSSR count). The Morgan fingerprint density at radius 2 is 2.04 bits per heavy atom. The van der Waals surface area contributed by atoms with E-state index in [1.807, 2.05) is 37.3 Å². The molecule has 0 spiro atoms. The van der Waals surface area contributed by atoms with E-state index in [-0.39, 0.29) is 18.9 Å². The summed E-state index contributed by atoms with van der Waals surface area (Å²) in [4.78, 5) is 23.8. The van der Waals surface area contributed by atoms with Crippen molar-refractivity contribution in [2.24, 2.45) is 0 Å². The summed E-state index contributed by atoms with van der Waals surface area (Å²) in [6, 6.07) is 14.9. The van der Waals surface area contributed by atoms with Gasteiger partial charge in [0, 0.05) is 13.0 Å². The van der Waals surface area contributed by atoms with Gasteiger partial charge in [-0.2, -0.15) is 0 Å². The van der Waals surface area contributed by atoms with Crippen LogP contribution in [0.3, 0.4) is 0 Å². The van der Waals surface area contributed by atoms with Crippen LogP contribution in [0.25, 0.3) is 11.1 Å². The number of ether oxygens (including phenoxy) is 1. The molecule has 0 saturated heterocycles. The van der Waals surface area contributed by atoms with E-state index in [1.54, 1.807) is 18.2 Å². The van der Waals surface area contributed by atoms with Crippen LogP contribution in [0.2, 0.25) is 0 Å². The van der Waals surface area contributed by atoms with Crippen LogP contribution in [-0.4, -0.2) is 23.6 Å². The van der Waals surface area contributed by atoms with Crippen molar-refractivity contribution in [3.05, 3.63) is 64.6 Å². The Kier molecular flexibility index (Phi) is 5.18. The SMILES string of the molecule is Cc1cccc(OCCNC(=O)CCn2c(=O)oc3ccccc32)c1. The van der Waals surface area contributed by atoms with Crippen molar-refractivity contribution in [2.75, 3.05) is 13.2 Å². The average Bonchev–Trinajstić information content (AvgIpc) is 2.92. The van der Waals surface area contributed by atoms with Crippen LogP contribution in [0, 0.1) is 6.92 Å². The molecule has 3 aromatic rings. The molecule has 0 unspecified atom stereocenters. The summed E-state index contributed by atoms with van der Waals surface area (Å²) in [5.41, 5.74) is 2.35. The van der Waals surface area contributed by atoms with Crippen LogP contribution in [0.4, 0.5) is 0 Å². The number of nitrogens with one attached hydrogen (secondary N) is 1. The molecular formula is C19H20N2O4. The van der Waals surface area contributed by atoms with Crippen molar-refractivity contribution < 1.29 is 13.9 Å². The molecule has 1 amide bonds. The van der Waals surface area contributed by atoms with E-state index in [0.29, 0.717) is 24.3 Å². The number of para-hydroxylation sites is 2. The topological polar surface area (TPSA) is 73.5 Å². The lowest BCUT2D eigenvalue weighted by molar-refractivity contribution is -0.121. The fourth-order valence-electron chi connectivity index (χ4n) is 2.59. The second kappa shape index (κ2) is 7.70. The van der Waals surface area contributed by atoms with Gasteiger partial charge in [-0.3, -0.25) is 9.36 Å². The fourth-order valence-corrected chi connectivity index (χ4v) is 2.59. The molecule has 0 bridgehead atoms. The van der Waals surface area contributed by atoms with Gasteiger partial charge < -0.3 is 14.5 Å². The van der Waals surface area contributed by atoms with E-state index in [2.05, 4.69) is 5.32 Å². The molecule has 130 valence electrons. The predicted molar refractivity (Wildman–Crippen MR) is 94.8 cm³/mol. The number of amides is 1. The van der Waals surface area contributed by atoms with Gasteiger partial charge in [-0.05, 0) is 36.8 Å². The highest BCUT2D eigenvalue weighted by Gasteiger charge is 2.10. The highest BCUT2D eigenvalue weighted by molar-refractivity contribution is 5.76. The minimum Gasteiger partial charge on any atom is -0.492 e. The van der Waals surface area contributed by atoms with Crippen LogP contribution < -0.4 is 15.8 Å². The van der Waals surface area contributed by atoms with Gasteiger partial charge in [-0.25, -0.2) is 4.79 Å². The Bertz CT molecular complexity index is 926. The number of hydrogen-bond donors (Lipinski definition) is 1. The number of carbonyl (C=O) groups excluding carboxylic acids is 1. The van der Waals surface area contributed by atoms with Gasteiger partial charge in [0.1, 0.15) is 12.4 Å². The Hall–Kier alpha value is -3.02. The maximum atomic E-state index is 11.9. The predicted octanol–water partition coefficient (Wildman–Crippen LogP) is 2.49. The third kappa shape index (κ3) is 4.29. The van der Waals surface area contributed by atoms with E-state index in [0.717, 1.165) is 11.3 Å². The average molecular weight is 340 g/mol. The minimum absolute atomic E-state index is 0.134. The number of hydrogen-bond acceptors (Lipinski definition) is 4. The lowest BCUT2D eigenvalue weighted by Gasteiger charge is -2.08. The van der Waals surface area contributed by atoms with Gasteiger partial charge in [0.25, 0.3) is 0 Å². The molecule has 0 saturated carbocycles. The number of fused-ring (bicyclic) bond motifs is 1. The maximum absolute atomic E-state index is 11.9. The largest absolute Gasteiger partial charge is 0.492 e. The van der Waals surface area contributed by atoms with E-state index in [1.165, 1.54) is 4.57 Å². The van der Waals surface area contributed by atoms with Crippen molar-refractivity contribution in [1.29, 1.82) is 0 Å². The van der Waals surface area contributed by atoms with Gasteiger partial charge >= 0.3 is 5.76 Å². The lowest BCUT2D eigenvalue weighted by Crippen LogP contribution is -2.29. The van der Waals surface area contributed by atoms with Gasteiger partial charge in [-0.1, -0.05) is 24.3 Å². The summed E-state index contributed by atoms with van der Waals surface area (Å²) < 4.78 is 12.2. The molecule has 0 aliphatic rings. The number of aromatic nitrogens is 1. The molecular weight excluding hydrogens is 320 g/mol. The van der Waals surface area contributed by atoms with E-state index >= 15 is 0 Å². The summed E-state index contributed by atoms with van der Waals surface area (Å²) in [6.45, 7) is 3.08. The molecule has 0 radical (unpaired) electrons. The van der Waals surface area contributed by atoms with Crippen molar-refractivity contribution in [3.63, 3.8) is 0 Å². The van der Waals surface area contributed by atoms with E-state index < -0.39 is 5.76 Å². The molecule has 0 aliphatic carbocycles. The number of rotatable bonds is 7. The zero-order valence-corrected chi connectivity index (χ0v) is 14.0. The molecule has 1 aromatic heterocycles. The number of oxazole rings is 1. The first-order valence-electron chi connectivity index (χ1n) is 8.18. The van der Waals surface area contributed by atoms with Gasteiger partial charge in [0.05, 0.1) is 12.1 Å². The highest BCUT2D eigenvalue weighted by atomic mass is 16.5. The van der Waals surface area contributed by atoms with Crippen LogP contribution in [0.1, 0.15) is 12.0 Å². The molecule has 0 atom stereocenters. The third-order valence-corrected chi connectivity index (χ3v) is 3.82. The molecule has 6 heteroatoms. The number of carbonyl (C=O) groups is 1. The van der Waals surface area contributed by atoms with Gasteiger partial charge in [0.15, 0.2) is 5.58 Å². The summed E-state index contributed by atoms with van der Waals surface area (Å²) in [7, 11) is 0. The Labute approximate surface area is 145 Å². The molecule has 2 aromatic carbocycles. The van der Waals surface area contributed by atoms with Gasteiger partial charge in [-0.15, -0.1) is 0 Å². The maximum Gasteiger partial charge on any atom is 0.419 e. The number of aryl methyl sites for hydroxylation is 2. The summed E-state index contributed by atoms with van der Waals surface area (Å²) in [5.74, 6) is 0.201. The monoisotopic (exact) mass is 340 g/mol. The lowest BCUT2D eigenvalue weighted by atomic mass is 10.2. The summed E-state index contributed by atoms with van der Waals surface area (Å²) in [6.07, 6.45) is 0.202. The van der Waals surface area contributed by atoms with Crippen molar-refractivity contribution in [1.82, 2.24) is 9.88 Å². The van der Waals surface area contributed by atoms with E-state index in [9.17, 15) is 9.59 Å². The Morgan fingerprint density at radius 3 is 2.88 bits per heavy atom. The normalized spacial score (nSPS) is 10.8. The molecule has 0 aliphatic heterocycles. The van der Waals surface area contributed by atoms with Crippen molar-refractivity contribution in [3.8, 4) is 5.75 Å². The molecule has 6 nitrogen and oxygen atoms in total. The smallest absolute Gasteiger partial charge is 0.419 e. The quantitative estimate of drug-likeness (QED) is 0.671. The second-order valence-corrected chi connectivity index (χ2v) is 5.75. The van der Waals surface area contributed by atoms with E-state index in [4.69, 9.17) is 9.15 Å². The second-order valence-electron chi connectivity index (χ2n) is 5.75. The Balaban J connectivity index is 1.45. The highest BCUT2D eigenvalue weighted by Crippen LogP contribution is 2.12. The Morgan fingerprint density at radius 1 is 1.20 bits per heavy atom.